The number of methoxy groups -OCH3 is 1. The molecule has 0 radical (unpaired) electrons. The molecule has 0 spiro atoms. The average Bonchev–Trinajstić information content (AvgIpc) is 2.88. The number of piperidine rings is 1. The van der Waals surface area contributed by atoms with E-state index in [2.05, 4.69) is 15.3 Å². The first-order valence-electron chi connectivity index (χ1n) is 11.1. The average molecular weight is 519 g/mol. The van der Waals surface area contributed by atoms with Crippen LogP contribution in [0.3, 0.4) is 0 Å². The Morgan fingerprint density at radius 3 is 2.51 bits per heavy atom. The van der Waals surface area contributed by atoms with E-state index in [9.17, 15) is 14.3 Å². The smallest absolute Gasteiger partial charge is 0.218 e. The molecule has 10 heteroatoms. The standard InChI is InChI=1S/C25H25Cl2FN4O3/c1-35-17-7-5-16(6-8-17)13-30-25(15-33)9-11-32(12-10-25)20-14-29-22(24(27)31-20)23(34)21-18(26)3-2-4-19(21)28/h2-8,14,30,33H,9-13,15H2,1H3. The van der Waals surface area contributed by atoms with Crippen LogP contribution in [-0.2, 0) is 6.54 Å². The zero-order chi connectivity index (χ0) is 25.0. The third-order valence-corrected chi connectivity index (χ3v) is 6.87. The van der Waals surface area contributed by atoms with Gasteiger partial charge in [0.15, 0.2) is 5.15 Å². The molecule has 0 atom stereocenters. The normalized spacial score (nSPS) is 15.2. The Labute approximate surface area is 212 Å². The van der Waals surface area contributed by atoms with E-state index in [1.165, 1.54) is 18.3 Å². The number of carbonyl (C=O) groups excluding carboxylic acids is 1. The summed E-state index contributed by atoms with van der Waals surface area (Å²) in [5.74, 6) is -0.169. The molecule has 3 aromatic rings. The second-order valence-electron chi connectivity index (χ2n) is 8.42. The quantitative estimate of drug-likeness (QED) is 0.430. The van der Waals surface area contributed by atoms with Crippen LogP contribution in [0, 0.1) is 5.82 Å². The van der Waals surface area contributed by atoms with Crippen molar-refractivity contribution >= 4 is 34.8 Å². The number of nitrogens with one attached hydrogen (secondary N) is 1. The fourth-order valence-electron chi connectivity index (χ4n) is 4.08. The third kappa shape index (κ3) is 5.56. The van der Waals surface area contributed by atoms with Crippen LogP contribution in [0.1, 0.15) is 34.5 Å². The van der Waals surface area contributed by atoms with Crippen molar-refractivity contribution in [3.05, 3.63) is 81.5 Å². The molecule has 1 aromatic heterocycles. The number of aliphatic hydroxyl groups is 1. The Bertz CT molecular complexity index is 1180. The highest BCUT2D eigenvalue weighted by atomic mass is 35.5. The highest BCUT2D eigenvalue weighted by molar-refractivity contribution is 6.37. The zero-order valence-electron chi connectivity index (χ0n) is 19.1. The predicted molar refractivity (Wildman–Crippen MR) is 133 cm³/mol. The molecule has 0 unspecified atom stereocenters. The molecule has 7 nitrogen and oxygen atoms in total. The van der Waals surface area contributed by atoms with E-state index in [4.69, 9.17) is 27.9 Å². The van der Waals surface area contributed by atoms with Gasteiger partial charge in [-0.15, -0.1) is 0 Å². The van der Waals surface area contributed by atoms with Crippen molar-refractivity contribution in [1.29, 1.82) is 0 Å². The number of rotatable bonds is 8. The van der Waals surface area contributed by atoms with Gasteiger partial charge in [0.2, 0.25) is 5.78 Å². The van der Waals surface area contributed by atoms with Crippen molar-refractivity contribution in [2.24, 2.45) is 0 Å². The van der Waals surface area contributed by atoms with Gasteiger partial charge in [0.1, 0.15) is 23.1 Å². The Hall–Kier alpha value is -2.78. The third-order valence-electron chi connectivity index (χ3n) is 6.30. The SMILES string of the molecule is COc1ccc(CNC2(CO)CCN(c3cnc(C(=O)c4c(F)cccc4Cl)c(Cl)n3)CC2)cc1. The van der Waals surface area contributed by atoms with Crippen LogP contribution in [-0.4, -0.2) is 53.2 Å². The molecule has 1 saturated heterocycles. The topological polar surface area (TPSA) is 87.6 Å². The van der Waals surface area contributed by atoms with Gasteiger partial charge >= 0.3 is 0 Å². The van der Waals surface area contributed by atoms with E-state index >= 15 is 0 Å². The minimum absolute atomic E-state index is 0.000266. The largest absolute Gasteiger partial charge is 0.497 e. The van der Waals surface area contributed by atoms with Crippen LogP contribution in [0.25, 0.3) is 0 Å². The molecule has 2 N–H and O–H groups in total. The molecule has 1 aliphatic heterocycles. The fraction of sp³-hybridized carbons (Fsp3) is 0.320. The summed E-state index contributed by atoms with van der Waals surface area (Å²) >= 11 is 12.3. The van der Waals surface area contributed by atoms with Crippen LogP contribution in [0.15, 0.2) is 48.7 Å². The number of benzene rings is 2. The van der Waals surface area contributed by atoms with E-state index in [1.807, 2.05) is 29.2 Å². The number of hydrogen-bond donors (Lipinski definition) is 2. The predicted octanol–water partition coefficient (Wildman–Crippen LogP) is 4.28. The van der Waals surface area contributed by atoms with Gasteiger partial charge in [-0.2, -0.15) is 0 Å². The van der Waals surface area contributed by atoms with Gasteiger partial charge in [0, 0.05) is 25.2 Å². The van der Waals surface area contributed by atoms with Crippen molar-refractivity contribution in [1.82, 2.24) is 15.3 Å². The van der Waals surface area contributed by atoms with Gasteiger partial charge in [0.05, 0.1) is 30.5 Å². The summed E-state index contributed by atoms with van der Waals surface area (Å²) in [6.07, 6.45) is 2.79. The minimum atomic E-state index is -0.747. The summed E-state index contributed by atoms with van der Waals surface area (Å²) < 4.78 is 19.4. The first-order chi connectivity index (χ1) is 16.9. The van der Waals surface area contributed by atoms with Gasteiger partial charge in [-0.05, 0) is 42.7 Å². The molecule has 1 fully saturated rings. The number of nitrogens with zero attached hydrogens (tertiary/aromatic N) is 3. The van der Waals surface area contributed by atoms with E-state index in [0.29, 0.717) is 38.3 Å². The van der Waals surface area contributed by atoms with E-state index in [0.717, 1.165) is 17.4 Å². The lowest BCUT2D eigenvalue weighted by Gasteiger charge is -2.42. The maximum absolute atomic E-state index is 14.2. The Balaban J connectivity index is 1.42. The summed E-state index contributed by atoms with van der Waals surface area (Å²) in [5, 5.41) is 13.5. The number of halogens is 3. The number of carbonyl (C=O) groups is 1. The van der Waals surface area contributed by atoms with Gasteiger partial charge in [0.25, 0.3) is 0 Å². The van der Waals surface area contributed by atoms with Crippen molar-refractivity contribution in [3.63, 3.8) is 0 Å². The molecule has 2 aromatic carbocycles. The van der Waals surface area contributed by atoms with Crippen LogP contribution >= 0.6 is 23.2 Å². The van der Waals surface area contributed by atoms with Crippen molar-refractivity contribution in [2.75, 3.05) is 31.7 Å². The lowest BCUT2D eigenvalue weighted by molar-refractivity contribution is 0.103. The van der Waals surface area contributed by atoms with Crippen molar-refractivity contribution < 1.29 is 19.0 Å². The highest BCUT2D eigenvalue weighted by Crippen LogP contribution is 2.29. The summed E-state index contributed by atoms with van der Waals surface area (Å²) in [4.78, 5) is 23.3. The molecular weight excluding hydrogens is 494 g/mol. The fourth-order valence-corrected chi connectivity index (χ4v) is 4.55. The monoisotopic (exact) mass is 518 g/mol. The number of ether oxygens (including phenoxy) is 1. The van der Waals surface area contributed by atoms with E-state index in [-0.39, 0.29) is 28.0 Å². The number of aliphatic hydroxyl groups excluding tert-OH is 1. The van der Waals surface area contributed by atoms with Gasteiger partial charge < -0.3 is 20.1 Å². The van der Waals surface area contributed by atoms with E-state index in [1.54, 1.807) is 7.11 Å². The Morgan fingerprint density at radius 1 is 1.20 bits per heavy atom. The summed E-state index contributed by atoms with van der Waals surface area (Å²) in [5.41, 5.74) is 0.219. The number of aromatic nitrogens is 2. The second-order valence-corrected chi connectivity index (χ2v) is 9.19. The van der Waals surface area contributed by atoms with Crippen LogP contribution in [0.5, 0.6) is 5.75 Å². The highest BCUT2D eigenvalue weighted by Gasteiger charge is 2.34. The molecule has 2 heterocycles. The van der Waals surface area contributed by atoms with E-state index < -0.39 is 17.1 Å². The molecule has 1 aliphatic rings. The number of anilines is 1. The summed E-state index contributed by atoms with van der Waals surface area (Å²) in [7, 11) is 1.63. The lowest BCUT2D eigenvalue weighted by atomic mass is 9.88. The first kappa shape index (κ1) is 25.3. The second kappa shape index (κ2) is 10.9. The molecule has 0 bridgehead atoms. The summed E-state index contributed by atoms with van der Waals surface area (Å²) in [6, 6.07) is 11.8. The van der Waals surface area contributed by atoms with Crippen LogP contribution in [0.2, 0.25) is 10.2 Å². The van der Waals surface area contributed by atoms with Crippen LogP contribution in [0.4, 0.5) is 10.2 Å². The maximum atomic E-state index is 14.2. The summed E-state index contributed by atoms with van der Waals surface area (Å²) in [6.45, 7) is 1.83. The molecule has 0 saturated carbocycles. The molecule has 184 valence electrons. The molecule has 0 amide bonds. The molecule has 0 aliphatic carbocycles. The lowest BCUT2D eigenvalue weighted by Crippen LogP contribution is -2.55. The molecular formula is C25H25Cl2FN4O3. The minimum Gasteiger partial charge on any atom is -0.497 e. The van der Waals surface area contributed by atoms with Gasteiger partial charge in [-0.3, -0.25) is 4.79 Å². The number of ketones is 1. The Kier molecular flexibility index (Phi) is 7.86. The molecule has 35 heavy (non-hydrogen) atoms. The Morgan fingerprint density at radius 2 is 1.91 bits per heavy atom. The molecule has 4 rings (SSSR count). The van der Waals surface area contributed by atoms with Crippen LogP contribution < -0.4 is 15.0 Å². The number of hydrogen-bond acceptors (Lipinski definition) is 7. The zero-order valence-corrected chi connectivity index (χ0v) is 20.6. The van der Waals surface area contributed by atoms with Crippen molar-refractivity contribution in [3.8, 4) is 5.75 Å². The van der Waals surface area contributed by atoms with Crippen molar-refractivity contribution in [2.45, 2.75) is 24.9 Å². The van der Waals surface area contributed by atoms with Gasteiger partial charge in [-0.1, -0.05) is 41.4 Å². The first-order valence-corrected chi connectivity index (χ1v) is 11.9. The van der Waals surface area contributed by atoms with Gasteiger partial charge in [-0.25, -0.2) is 14.4 Å². The maximum Gasteiger partial charge on any atom is 0.218 e.